The second-order valence-corrected chi connectivity index (χ2v) is 5.10. The lowest BCUT2D eigenvalue weighted by Crippen LogP contribution is -1.96. The van der Waals surface area contributed by atoms with Gasteiger partial charge in [-0.05, 0) is 23.8 Å². The molecule has 0 saturated heterocycles. The average molecular weight is 211 g/mol. The third kappa shape index (κ3) is 3.22. The maximum Gasteiger partial charge on any atom is 0.171 e. The molecule has 4 heteroatoms. The Morgan fingerprint density at radius 3 is 2.71 bits per heavy atom. The highest BCUT2D eigenvalue weighted by molar-refractivity contribution is 7.94. The number of nitrogens with two attached hydrogens (primary N) is 1. The molecule has 0 radical (unpaired) electrons. The number of hydrogen-bond donors (Lipinski definition) is 1. The summed E-state index contributed by atoms with van der Waals surface area (Å²) in [6.45, 7) is 1.61. The predicted octanol–water partition coefficient (Wildman–Crippen LogP) is 1.67. The van der Waals surface area contributed by atoms with E-state index in [2.05, 4.69) is 0 Å². The minimum absolute atomic E-state index is 0.117. The molecule has 0 bridgehead atoms. The van der Waals surface area contributed by atoms with Gasteiger partial charge in [-0.3, -0.25) is 0 Å². The van der Waals surface area contributed by atoms with Crippen molar-refractivity contribution >= 4 is 21.6 Å². The monoisotopic (exact) mass is 211 g/mol. The van der Waals surface area contributed by atoms with Gasteiger partial charge in [0, 0.05) is 11.1 Å². The molecule has 0 aliphatic carbocycles. The zero-order valence-electron chi connectivity index (χ0n) is 7.97. The SMILES string of the molecule is CCS(=O)(=O)/C=C/c1cccc(N)c1. The average Bonchev–Trinajstić information content (AvgIpc) is 2.15. The Bertz CT molecular complexity index is 435. The van der Waals surface area contributed by atoms with E-state index in [9.17, 15) is 8.42 Å². The topological polar surface area (TPSA) is 60.2 Å². The van der Waals surface area contributed by atoms with E-state index < -0.39 is 9.84 Å². The number of sulfone groups is 1. The molecule has 1 aromatic rings. The molecule has 14 heavy (non-hydrogen) atoms. The molecule has 0 saturated carbocycles. The normalized spacial score (nSPS) is 12.1. The summed E-state index contributed by atoms with van der Waals surface area (Å²) < 4.78 is 22.3. The summed E-state index contributed by atoms with van der Waals surface area (Å²) in [4.78, 5) is 0. The van der Waals surface area contributed by atoms with E-state index in [1.54, 1.807) is 37.3 Å². The third-order valence-corrected chi connectivity index (χ3v) is 3.14. The highest BCUT2D eigenvalue weighted by Crippen LogP contribution is 2.09. The molecule has 3 nitrogen and oxygen atoms in total. The Hall–Kier alpha value is -1.29. The van der Waals surface area contributed by atoms with Gasteiger partial charge in [-0.15, -0.1) is 0 Å². The molecule has 1 aromatic carbocycles. The van der Waals surface area contributed by atoms with Crippen LogP contribution in [0.3, 0.4) is 0 Å². The molecular weight excluding hydrogens is 198 g/mol. The van der Waals surface area contributed by atoms with Gasteiger partial charge < -0.3 is 5.73 Å². The van der Waals surface area contributed by atoms with Gasteiger partial charge in [0.25, 0.3) is 0 Å². The van der Waals surface area contributed by atoms with Crippen LogP contribution in [0.15, 0.2) is 29.7 Å². The minimum atomic E-state index is -3.05. The van der Waals surface area contributed by atoms with Crippen LogP contribution in [0.2, 0.25) is 0 Å². The largest absolute Gasteiger partial charge is 0.399 e. The fourth-order valence-electron chi connectivity index (χ4n) is 0.941. The van der Waals surface area contributed by atoms with E-state index >= 15 is 0 Å². The van der Waals surface area contributed by atoms with E-state index in [0.29, 0.717) is 5.69 Å². The van der Waals surface area contributed by atoms with E-state index in [-0.39, 0.29) is 5.75 Å². The Morgan fingerprint density at radius 1 is 1.43 bits per heavy atom. The van der Waals surface area contributed by atoms with E-state index in [4.69, 9.17) is 5.73 Å². The summed E-state index contributed by atoms with van der Waals surface area (Å²) >= 11 is 0. The first-order valence-corrected chi connectivity index (χ1v) is 6.01. The van der Waals surface area contributed by atoms with Crippen molar-refractivity contribution in [3.8, 4) is 0 Å². The van der Waals surface area contributed by atoms with Crippen molar-refractivity contribution in [1.82, 2.24) is 0 Å². The molecule has 0 atom stereocenters. The molecule has 1 rings (SSSR count). The summed E-state index contributed by atoms with van der Waals surface area (Å²) in [6, 6.07) is 7.07. The lowest BCUT2D eigenvalue weighted by Gasteiger charge is -1.95. The molecule has 0 heterocycles. The van der Waals surface area contributed by atoms with E-state index in [0.717, 1.165) is 5.56 Å². The number of rotatable bonds is 3. The van der Waals surface area contributed by atoms with Crippen molar-refractivity contribution in [3.05, 3.63) is 35.2 Å². The fourth-order valence-corrected chi connectivity index (χ4v) is 1.50. The van der Waals surface area contributed by atoms with Crippen LogP contribution in [-0.4, -0.2) is 14.2 Å². The third-order valence-electron chi connectivity index (χ3n) is 1.78. The van der Waals surface area contributed by atoms with Crippen LogP contribution in [0.25, 0.3) is 6.08 Å². The Balaban J connectivity index is 2.89. The highest BCUT2D eigenvalue weighted by Gasteiger charge is 1.99. The summed E-state index contributed by atoms with van der Waals surface area (Å²) in [5.41, 5.74) is 6.97. The first kappa shape index (κ1) is 10.8. The molecule has 76 valence electrons. The number of nitrogen functional groups attached to an aromatic ring is 1. The van der Waals surface area contributed by atoms with Gasteiger partial charge in [0.05, 0.1) is 5.75 Å². The fraction of sp³-hybridized carbons (Fsp3) is 0.200. The Labute approximate surface area is 84.2 Å². The molecule has 0 unspecified atom stereocenters. The minimum Gasteiger partial charge on any atom is -0.399 e. The van der Waals surface area contributed by atoms with Crippen LogP contribution in [-0.2, 0) is 9.84 Å². The van der Waals surface area contributed by atoms with Crippen molar-refractivity contribution in [2.45, 2.75) is 6.92 Å². The lowest BCUT2D eigenvalue weighted by molar-refractivity contribution is 0.606. The van der Waals surface area contributed by atoms with Gasteiger partial charge in [0.1, 0.15) is 0 Å². The van der Waals surface area contributed by atoms with Crippen molar-refractivity contribution in [2.24, 2.45) is 0 Å². The van der Waals surface area contributed by atoms with E-state index in [1.165, 1.54) is 5.41 Å². The predicted molar refractivity (Wildman–Crippen MR) is 59.3 cm³/mol. The van der Waals surface area contributed by atoms with Crippen LogP contribution in [0.4, 0.5) is 5.69 Å². The van der Waals surface area contributed by atoms with Gasteiger partial charge in [-0.25, -0.2) is 8.42 Å². The van der Waals surface area contributed by atoms with Crippen LogP contribution in [0, 0.1) is 0 Å². The molecule has 0 fully saturated rings. The van der Waals surface area contributed by atoms with Crippen LogP contribution >= 0.6 is 0 Å². The number of anilines is 1. The quantitative estimate of drug-likeness (QED) is 0.774. The number of hydrogen-bond acceptors (Lipinski definition) is 3. The maximum atomic E-state index is 11.1. The first-order valence-electron chi connectivity index (χ1n) is 4.30. The molecule has 2 N–H and O–H groups in total. The summed E-state index contributed by atoms with van der Waals surface area (Å²) in [5, 5.41) is 1.21. The zero-order valence-corrected chi connectivity index (χ0v) is 8.79. The van der Waals surface area contributed by atoms with Gasteiger partial charge in [-0.2, -0.15) is 0 Å². The zero-order chi connectivity index (χ0) is 10.6. The van der Waals surface area contributed by atoms with Crippen molar-refractivity contribution in [3.63, 3.8) is 0 Å². The molecule has 0 spiro atoms. The van der Waals surface area contributed by atoms with Gasteiger partial charge >= 0.3 is 0 Å². The Kier molecular flexibility index (Phi) is 3.30. The van der Waals surface area contributed by atoms with Crippen molar-refractivity contribution in [2.75, 3.05) is 11.5 Å². The molecular formula is C10H13NO2S. The molecule has 0 aliphatic heterocycles. The second-order valence-electron chi connectivity index (χ2n) is 2.92. The maximum absolute atomic E-state index is 11.1. The summed E-state index contributed by atoms with van der Waals surface area (Å²) in [5.74, 6) is 0.117. The highest BCUT2D eigenvalue weighted by atomic mass is 32.2. The first-order chi connectivity index (χ1) is 6.53. The standard InChI is InChI=1S/C10H13NO2S/c1-2-14(12,13)7-6-9-4-3-5-10(11)8-9/h3-8H,2,11H2,1H3/b7-6+. The van der Waals surface area contributed by atoms with Crippen LogP contribution < -0.4 is 5.73 Å². The summed E-state index contributed by atoms with van der Waals surface area (Å²) in [6.07, 6.45) is 1.55. The van der Waals surface area contributed by atoms with E-state index in [1.807, 2.05) is 0 Å². The van der Waals surface area contributed by atoms with Gasteiger partial charge in [-0.1, -0.05) is 19.1 Å². The molecule has 0 aliphatic rings. The Morgan fingerprint density at radius 2 is 2.14 bits per heavy atom. The molecule has 0 aromatic heterocycles. The second kappa shape index (κ2) is 4.28. The van der Waals surface area contributed by atoms with Crippen molar-refractivity contribution in [1.29, 1.82) is 0 Å². The van der Waals surface area contributed by atoms with Gasteiger partial charge in [0.15, 0.2) is 9.84 Å². The van der Waals surface area contributed by atoms with Crippen LogP contribution in [0.1, 0.15) is 12.5 Å². The number of benzene rings is 1. The smallest absolute Gasteiger partial charge is 0.171 e. The van der Waals surface area contributed by atoms with Crippen molar-refractivity contribution < 1.29 is 8.42 Å². The van der Waals surface area contributed by atoms with Gasteiger partial charge in [0.2, 0.25) is 0 Å². The lowest BCUT2D eigenvalue weighted by atomic mass is 10.2. The van der Waals surface area contributed by atoms with Crippen LogP contribution in [0.5, 0.6) is 0 Å². The summed E-state index contributed by atoms with van der Waals surface area (Å²) in [7, 11) is -3.05. The molecule has 0 amide bonds.